The molecule has 0 saturated carbocycles. The van der Waals surface area contributed by atoms with E-state index in [2.05, 4.69) is 19.1 Å². The van der Waals surface area contributed by atoms with E-state index in [-0.39, 0.29) is 5.56 Å². The molecule has 0 spiro atoms. The molecule has 0 aliphatic rings. The van der Waals surface area contributed by atoms with Crippen LogP contribution in [0.3, 0.4) is 0 Å². The number of rotatable bonds is 8. The monoisotopic (exact) mass is 396 g/mol. The molecule has 0 saturated heterocycles. The summed E-state index contributed by atoms with van der Waals surface area (Å²) in [6.07, 6.45) is 5.99. The maximum atomic E-state index is 14.9. The van der Waals surface area contributed by atoms with Gasteiger partial charge in [-0.2, -0.15) is 0 Å². The largest absolute Gasteiger partial charge is 0.246 e. The summed E-state index contributed by atoms with van der Waals surface area (Å²) in [5.74, 6) is -1.06. The molecular formula is C26H27F3. The summed E-state index contributed by atoms with van der Waals surface area (Å²) in [5, 5.41) is 0. The molecule has 0 radical (unpaired) electrons. The lowest BCUT2D eigenvalue weighted by molar-refractivity contribution is 0.464. The van der Waals surface area contributed by atoms with Crippen molar-refractivity contribution in [1.29, 1.82) is 0 Å². The summed E-state index contributed by atoms with van der Waals surface area (Å²) in [5.41, 5.74) is 4.52. The van der Waals surface area contributed by atoms with Crippen LogP contribution >= 0.6 is 0 Å². The standard InChI is InChI=1S/C26H27F3/c1-3-4-5-6-7-19-8-10-20(11-9-19)23-14-18(2)26(25(29)16-23)21-12-13-22(17-27)24(28)15-21/h8-16H,3-7,17H2,1-2H3. The van der Waals surface area contributed by atoms with Gasteiger partial charge in [-0.1, -0.05) is 68.7 Å². The van der Waals surface area contributed by atoms with Crippen molar-refractivity contribution < 1.29 is 13.2 Å². The second-order valence-corrected chi connectivity index (χ2v) is 7.60. The zero-order valence-electron chi connectivity index (χ0n) is 17.1. The van der Waals surface area contributed by atoms with E-state index in [1.54, 1.807) is 6.07 Å². The van der Waals surface area contributed by atoms with E-state index in [0.717, 1.165) is 23.1 Å². The van der Waals surface area contributed by atoms with Gasteiger partial charge in [-0.25, -0.2) is 13.2 Å². The molecule has 0 aromatic heterocycles. The first-order chi connectivity index (χ1) is 14.0. The quantitative estimate of drug-likeness (QED) is 0.337. The number of unbranched alkanes of at least 4 members (excludes halogenated alkanes) is 3. The molecule has 152 valence electrons. The second kappa shape index (κ2) is 9.78. The molecule has 3 rings (SSSR count). The van der Waals surface area contributed by atoms with Crippen LogP contribution < -0.4 is 0 Å². The lowest BCUT2D eigenvalue weighted by Crippen LogP contribution is -1.94. The highest BCUT2D eigenvalue weighted by molar-refractivity contribution is 5.74. The predicted molar refractivity (Wildman–Crippen MR) is 115 cm³/mol. The molecule has 0 unspecified atom stereocenters. The highest BCUT2D eigenvalue weighted by atomic mass is 19.1. The summed E-state index contributed by atoms with van der Waals surface area (Å²) in [6, 6.07) is 15.8. The number of alkyl halides is 1. The Bertz CT molecular complexity index is 935. The summed E-state index contributed by atoms with van der Waals surface area (Å²) in [7, 11) is 0. The fraction of sp³-hybridized carbons (Fsp3) is 0.308. The third-order valence-electron chi connectivity index (χ3n) is 5.38. The molecule has 29 heavy (non-hydrogen) atoms. The highest BCUT2D eigenvalue weighted by Gasteiger charge is 2.14. The van der Waals surface area contributed by atoms with Crippen molar-refractivity contribution in [2.75, 3.05) is 0 Å². The van der Waals surface area contributed by atoms with Gasteiger partial charge in [0.25, 0.3) is 0 Å². The van der Waals surface area contributed by atoms with Crippen LogP contribution in [0.15, 0.2) is 54.6 Å². The molecule has 3 aromatic rings. The summed E-state index contributed by atoms with van der Waals surface area (Å²) in [6.45, 7) is 3.14. The Morgan fingerprint density at radius 1 is 0.724 bits per heavy atom. The molecule has 0 N–H and O–H groups in total. The van der Waals surface area contributed by atoms with Crippen LogP contribution in [0.25, 0.3) is 22.3 Å². The molecule has 3 aromatic carbocycles. The van der Waals surface area contributed by atoms with E-state index in [9.17, 15) is 13.2 Å². The van der Waals surface area contributed by atoms with Gasteiger partial charge in [0, 0.05) is 11.1 Å². The van der Waals surface area contributed by atoms with Gasteiger partial charge in [0.2, 0.25) is 0 Å². The molecule has 0 fully saturated rings. The molecule has 0 atom stereocenters. The van der Waals surface area contributed by atoms with Gasteiger partial charge in [-0.3, -0.25) is 0 Å². The predicted octanol–water partition coefficient (Wildman–Crippen LogP) is 8.20. The van der Waals surface area contributed by atoms with Crippen LogP contribution in [0.4, 0.5) is 13.2 Å². The number of hydrogen-bond acceptors (Lipinski definition) is 0. The van der Waals surface area contributed by atoms with Gasteiger partial charge in [-0.05, 0) is 59.7 Å². The molecule has 3 heteroatoms. The normalized spacial score (nSPS) is 11.1. The molecule has 0 bridgehead atoms. The van der Waals surface area contributed by atoms with Crippen LogP contribution in [0, 0.1) is 18.6 Å². The van der Waals surface area contributed by atoms with Gasteiger partial charge in [0.05, 0.1) is 0 Å². The van der Waals surface area contributed by atoms with Crippen molar-refractivity contribution in [3.63, 3.8) is 0 Å². The van der Waals surface area contributed by atoms with Crippen LogP contribution in [0.5, 0.6) is 0 Å². The number of halogens is 3. The molecule has 0 nitrogen and oxygen atoms in total. The molecule has 0 amide bonds. The fourth-order valence-corrected chi connectivity index (χ4v) is 3.71. The van der Waals surface area contributed by atoms with Crippen molar-refractivity contribution in [3.05, 3.63) is 82.9 Å². The average Bonchev–Trinajstić information content (AvgIpc) is 2.71. The average molecular weight is 396 g/mol. The minimum Gasteiger partial charge on any atom is -0.246 e. The van der Waals surface area contributed by atoms with Crippen LogP contribution in [-0.4, -0.2) is 0 Å². The third kappa shape index (κ3) is 5.09. The van der Waals surface area contributed by atoms with E-state index in [1.807, 2.05) is 25.1 Å². The molecule has 0 aliphatic heterocycles. The second-order valence-electron chi connectivity index (χ2n) is 7.60. The molecule has 0 heterocycles. The summed E-state index contributed by atoms with van der Waals surface area (Å²) >= 11 is 0. The van der Waals surface area contributed by atoms with Crippen molar-refractivity contribution in [1.82, 2.24) is 0 Å². The van der Waals surface area contributed by atoms with Crippen LogP contribution in [-0.2, 0) is 13.1 Å². The lowest BCUT2D eigenvalue weighted by atomic mass is 9.94. The first-order valence-electron chi connectivity index (χ1n) is 10.3. The van der Waals surface area contributed by atoms with Crippen molar-refractivity contribution in [2.45, 2.75) is 52.6 Å². The third-order valence-corrected chi connectivity index (χ3v) is 5.38. The van der Waals surface area contributed by atoms with Gasteiger partial charge >= 0.3 is 0 Å². The number of benzene rings is 3. The van der Waals surface area contributed by atoms with Crippen molar-refractivity contribution >= 4 is 0 Å². The summed E-state index contributed by atoms with van der Waals surface area (Å²) in [4.78, 5) is 0. The zero-order chi connectivity index (χ0) is 20.8. The Morgan fingerprint density at radius 3 is 2.03 bits per heavy atom. The van der Waals surface area contributed by atoms with E-state index < -0.39 is 18.3 Å². The van der Waals surface area contributed by atoms with E-state index in [0.29, 0.717) is 11.1 Å². The maximum absolute atomic E-state index is 14.9. The Morgan fingerprint density at radius 2 is 1.41 bits per heavy atom. The Labute approximate surface area is 171 Å². The van der Waals surface area contributed by atoms with E-state index in [1.165, 1.54) is 49.4 Å². The first-order valence-corrected chi connectivity index (χ1v) is 10.3. The topological polar surface area (TPSA) is 0 Å². The first kappa shape index (κ1) is 21.2. The van der Waals surface area contributed by atoms with Crippen LogP contribution in [0.2, 0.25) is 0 Å². The lowest BCUT2D eigenvalue weighted by Gasteiger charge is -2.12. The maximum Gasteiger partial charge on any atom is 0.131 e. The number of hydrogen-bond donors (Lipinski definition) is 0. The molecule has 0 aliphatic carbocycles. The summed E-state index contributed by atoms with van der Waals surface area (Å²) < 4.78 is 41.6. The van der Waals surface area contributed by atoms with Crippen molar-refractivity contribution in [2.24, 2.45) is 0 Å². The van der Waals surface area contributed by atoms with Gasteiger partial charge < -0.3 is 0 Å². The fourth-order valence-electron chi connectivity index (χ4n) is 3.71. The zero-order valence-corrected chi connectivity index (χ0v) is 17.1. The smallest absolute Gasteiger partial charge is 0.131 e. The van der Waals surface area contributed by atoms with Gasteiger partial charge in [-0.15, -0.1) is 0 Å². The SMILES string of the molecule is CCCCCCc1ccc(-c2cc(C)c(-c3ccc(CF)c(F)c3)c(F)c2)cc1. The Hall–Kier alpha value is -2.55. The molecular weight excluding hydrogens is 369 g/mol. The van der Waals surface area contributed by atoms with Crippen LogP contribution in [0.1, 0.15) is 49.3 Å². The minimum atomic E-state index is -0.874. The minimum absolute atomic E-state index is 0.0155. The highest BCUT2D eigenvalue weighted by Crippen LogP contribution is 2.32. The van der Waals surface area contributed by atoms with E-state index in [4.69, 9.17) is 0 Å². The van der Waals surface area contributed by atoms with Crippen molar-refractivity contribution in [3.8, 4) is 22.3 Å². The Kier molecular flexibility index (Phi) is 7.13. The van der Waals surface area contributed by atoms with Gasteiger partial charge in [0.1, 0.15) is 18.3 Å². The van der Waals surface area contributed by atoms with E-state index >= 15 is 0 Å². The Balaban J connectivity index is 1.83. The number of aryl methyl sites for hydroxylation is 2. The van der Waals surface area contributed by atoms with Gasteiger partial charge in [0.15, 0.2) is 0 Å².